The van der Waals surface area contributed by atoms with E-state index in [1.54, 1.807) is 26.0 Å². The molecule has 1 aliphatic rings. The molecule has 0 aliphatic carbocycles. The van der Waals surface area contributed by atoms with Gasteiger partial charge in [0.05, 0.1) is 4.90 Å². The lowest BCUT2D eigenvalue weighted by atomic mass is 9.99. The Bertz CT molecular complexity index is 568. The van der Waals surface area contributed by atoms with E-state index >= 15 is 0 Å². The van der Waals surface area contributed by atoms with Gasteiger partial charge in [0.25, 0.3) is 0 Å². The van der Waals surface area contributed by atoms with Gasteiger partial charge in [0, 0.05) is 29.9 Å². The van der Waals surface area contributed by atoms with Crippen molar-refractivity contribution in [2.24, 2.45) is 0 Å². The summed E-state index contributed by atoms with van der Waals surface area (Å²) in [6.07, 6.45) is 0.550. The molecule has 0 bridgehead atoms. The normalized spacial score (nSPS) is 25.5. The lowest BCUT2D eigenvalue weighted by Gasteiger charge is -2.36. The fourth-order valence-corrected chi connectivity index (χ4v) is 4.50. The molecule has 1 aromatic carbocycles. The molecule has 104 valence electrons. The second kappa shape index (κ2) is 5.23. The summed E-state index contributed by atoms with van der Waals surface area (Å²) in [6.45, 7) is 3.53. The molecule has 2 rings (SSSR count). The van der Waals surface area contributed by atoms with E-state index in [1.165, 1.54) is 16.4 Å². The summed E-state index contributed by atoms with van der Waals surface area (Å²) < 4.78 is 26.6. The number of piperidine rings is 1. The Morgan fingerprint density at radius 1 is 1.11 bits per heavy atom. The lowest BCUT2D eigenvalue weighted by Crippen LogP contribution is -2.49. The third-order valence-corrected chi connectivity index (χ3v) is 5.70. The smallest absolute Gasteiger partial charge is 0.243 e. The van der Waals surface area contributed by atoms with Gasteiger partial charge in [-0.1, -0.05) is 11.6 Å². The van der Waals surface area contributed by atoms with Gasteiger partial charge >= 0.3 is 0 Å². The molecule has 2 atom stereocenters. The third-order valence-electron chi connectivity index (χ3n) is 3.30. The number of nitrogens with zero attached hydrogens (tertiary/aromatic N) is 1. The quantitative estimate of drug-likeness (QED) is 0.843. The average molecular weight is 302 g/mol. The molecule has 1 saturated heterocycles. The predicted molar refractivity (Wildman–Crippen MR) is 73.6 cm³/mol. The van der Waals surface area contributed by atoms with Crippen molar-refractivity contribution in [2.45, 2.75) is 43.7 Å². The van der Waals surface area contributed by atoms with Crippen LogP contribution in [0.15, 0.2) is 29.2 Å². The molecule has 6 heteroatoms. The monoisotopic (exact) mass is 301 g/mol. The van der Waals surface area contributed by atoms with Crippen molar-refractivity contribution in [3.63, 3.8) is 0 Å². The molecule has 4 nitrogen and oxygen atoms in total. The molecule has 1 heterocycles. The molecular formula is C13H16ClNO3S. The Morgan fingerprint density at radius 2 is 1.58 bits per heavy atom. The average Bonchev–Trinajstić information content (AvgIpc) is 2.27. The SMILES string of the molecule is CC1CC(=O)CC(C)N1S(=O)(=O)c1ccc(Cl)cc1. The van der Waals surface area contributed by atoms with Crippen molar-refractivity contribution >= 4 is 27.4 Å². The first-order valence-corrected chi connectivity index (χ1v) is 7.95. The maximum Gasteiger partial charge on any atom is 0.243 e. The van der Waals surface area contributed by atoms with Crippen molar-refractivity contribution < 1.29 is 13.2 Å². The van der Waals surface area contributed by atoms with Crippen LogP contribution in [-0.2, 0) is 14.8 Å². The highest BCUT2D eigenvalue weighted by molar-refractivity contribution is 7.89. The molecule has 19 heavy (non-hydrogen) atoms. The Morgan fingerprint density at radius 3 is 2.05 bits per heavy atom. The topological polar surface area (TPSA) is 54.5 Å². The van der Waals surface area contributed by atoms with Crippen LogP contribution in [0.25, 0.3) is 0 Å². The number of carbonyl (C=O) groups excluding carboxylic acids is 1. The van der Waals surface area contributed by atoms with Gasteiger partial charge in [-0.2, -0.15) is 4.31 Å². The van der Waals surface area contributed by atoms with Gasteiger partial charge in [-0.15, -0.1) is 0 Å². The molecular weight excluding hydrogens is 286 g/mol. The van der Waals surface area contributed by atoms with Gasteiger partial charge in [0.2, 0.25) is 10.0 Å². The van der Waals surface area contributed by atoms with Crippen molar-refractivity contribution in [1.29, 1.82) is 0 Å². The summed E-state index contributed by atoms with van der Waals surface area (Å²) in [5.41, 5.74) is 0. The van der Waals surface area contributed by atoms with Crippen LogP contribution < -0.4 is 0 Å². The highest BCUT2D eigenvalue weighted by Gasteiger charge is 2.38. The van der Waals surface area contributed by atoms with Gasteiger partial charge in [0.1, 0.15) is 5.78 Å². The number of sulfonamides is 1. The minimum absolute atomic E-state index is 0.113. The van der Waals surface area contributed by atoms with E-state index < -0.39 is 10.0 Å². The van der Waals surface area contributed by atoms with E-state index in [9.17, 15) is 13.2 Å². The Balaban J connectivity index is 2.38. The first kappa shape index (κ1) is 14.5. The number of ketones is 1. The molecule has 0 aromatic heterocycles. The summed E-state index contributed by atoms with van der Waals surface area (Å²) in [7, 11) is -3.58. The molecule has 0 radical (unpaired) electrons. The second-order valence-corrected chi connectivity index (χ2v) is 7.21. The fourth-order valence-electron chi connectivity index (χ4n) is 2.56. The molecule has 1 aliphatic heterocycles. The first-order chi connectivity index (χ1) is 8.82. The standard InChI is InChI=1S/C13H16ClNO3S/c1-9-7-12(16)8-10(2)15(9)19(17,18)13-5-3-11(14)4-6-13/h3-6,9-10H,7-8H2,1-2H3. The number of benzene rings is 1. The van der Waals surface area contributed by atoms with E-state index in [1.807, 2.05) is 0 Å². The number of halogens is 1. The molecule has 0 N–H and O–H groups in total. The van der Waals surface area contributed by atoms with E-state index in [0.717, 1.165) is 0 Å². The zero-order chi connectivity index (χ0) is 14.2. The van der Waals surface area contributed by atoms with Crippen LogP contribution in [0.5, 0.6) is 0 Å². The minimum atomic E-state index is -3.58. The maximum atomic E-state index is 12.6. The Labute approximate surface area is 118 Å². The van der Waals surface area contributed by atoms with E-state index in [-0.39, 0.29) is 35.6 Å². The summed E-state index contributed by atoms with van der Waals surface area (Å²) >= 11 is 5.77. The number of Topliss-reactive ketones (excluding diaryl/α,β-unsaturated/α-hetero) is 1. The molecule has 2 unspecified atom stereocenters. The molecule has 0 amide bonds. The number of rotatable bonds is 2. The number of hydrogen-bond acceptors (Lipinski definition) is 3. The van der Waals surface area contributed by atoms with Crippen LogP contribution in [0.3, 0.4) is 0 Å². The molecule has 1 fully saturated rings. The van der Waals surface area contributed by atoms with Crippen molar-refractivity contribution in [1.82, 2.24) is 4.31 Å². The lowest BCUT2D eigenvalue weighted by molar-refractivity contribution is -0.122. The molecule has 1 aromatic rings. The van der Waals surface area contributed by atoms with E-state index in [2.05, 4.69) is 0 Å². The van der Waals surface area contributed by atoms with Crippen molar-refractivity contribution in [2.75, 3.05) is 0 Å². The zero-order valence-corrected chi connectivity index (χ0v) is 12.4. The first-order valence-electron chi connectivity index (χ1n) is 6.13. The Kier molecular flexibility index (Phi) is 3.99. The predicted octanol–water partition coefficient (Wildman–Crippen LogP) is 2.47. The van der Waals surface area contributed by atoms with Gasteiger partial charge in [0.15, 0.2) is 0 Å². The second-order valence-electron chi connectivity index (χ2n) is 4.93. The molecule has 0 spiro atoms. The minimum Gasteiger partial charge on any atom is -0.300 e. The zero-order valence-electron chi connectivity index (χ0n) is 10.8. The van der Waals surface area contributed by atoms with Crippen LogP contribution in [0.4, 0.5) is 0 Å². The van der Waals surface area contributed by atoms with Crippen molar-refractivity contribution in [3.8, 4) is 0 Å². The summed E-state index contributed by atoms with van der Waals surface area (Å²) in [5.74, 6) is 0.113. The molecule has 0 saturated carbocycles. The Hall–Kier alpha value is -0.910. The van der Waals surface area contributed by atoms with Crippen LogP contribution in [0, 0.1) is 0 Å². The summed E-state index contributed by atoms with van der Waals surface area (Å²) in [4.78, 5) is 11.7. The van der Waals surface area contributed by atoms with Crippen LogP contribution >= 0.6 is 11.6 Å². The van der Waals surface area contributed by atoms with E-state index in [4.69, 9.17) is 11.6 Å². The fraction of sp³-hybridized carbons (Fsp3) is 0.462. The summed E-state index contributed by atoms with van der Waals surface area (Å²) in [5, 5.41) is 0.494. The van der Waals surface area contributed by atoms with Gasteiger partial charge in [-0.3, -0.25) is 4.79 Å². The highest BCUT2D eigenvalue weighted by Crippen LogP contribution is 2.28. The van der Waals surface area contributed by atoms with Crippen LogP contribution in [-0.4, -0.2) is 30.6 Å². The third kappa shape index (κ3) is 2.83. The van der Waals surface area contributed by atoms with Gasteiger partial charge < -0.3 is 0 Å². The summed E-state index contributed by atoms with van der Waals surface area (Å²) in [6, 6.07) is 5.48. The van der Waals surface area contributed by atoms with Crippen LogP contribution in [0.1, 0.15) is 26.7 Å². The van der Waals surface area contributed by atoms with Gasteiger partial charge in [-0.25, -0.2) is 8.42 Å². The number of hydrogen-bond donors (Lipinski definition) is 0. The van der Waals surface area contributed by atoms with E-state index in [0.29, 0.717) is 5.02 Å². The van der Waals surface area contributed by atoms with Crippen molar-refractivity contribution in [3.05, 3.63) is 29.3 Å². The van der Waals surface area contributed by atoms with Gasteiger partial charge in [-0.05, 0) is 38.1 Å². The largest absolute Gasteiger partial charge is 0.300 e. The maximum absolute atomic E-state index is 12.6. The highest BCUT2D eigenvalue weighted by atomic mass is 35.5. The number of carbonyl (C=O) groups is 1. The van der Waals surface area contributed by atoms with Crippen LogP contribution in [0.2, 0.25) is 5.02 Å².